The molecule has 2 aromatic rings. The Bertz CT molecular complexity index is 709. The van der Waals surface area contributed by atoms with E-state index in [9.17, 15) is 8.42 Å². The number of nitrogens with zero attached hydrogens (tertiary/aromatic N) is 3. The first kappa shape index (κ1) is 15.7. The Morgan fingerprint density at radius 2 is 2.14 bits per heavy atom. The maximum absolute atomic E-state index is 12.5. The van der Waals surface area contributed by atoms with E-state index in [-0.39, 0.29) is 4.90 Å². The zero-order valence-electron chi connectivity index (χ0n) is 12.2. The molecule has 0 unspecified atom stereocenters. The van der Waals surface area contributed by atoms with Crippen LogP contribution >= 0.6 is 0 Å². The van der Waals surface area contributed by atoms with Gasteiger partial charge in [0, 0.05) is 26.3 Å². The summed E-state index contributed by atoms with van der Waals surface area (Å²) in [6.07, 6.45) is 2.87. The topological polar surface area (TPSA) is 81.2 Å². The van der Waals surface area contributed by atoms with Crippen molar-refractivity contribution in [2.45, 2.75) is 24.9 Å². The number of rotatable bonds is 6. The van der Waals surface area contributed by atoms with E-state index >= 15 is 0 Å². The highest BCUT2D eigenvalue weighted by molar-refractivity contribution is 7.89. The third-order valence-corrected chi connectivity index (χ3v) is 4.92. The molecule has 0 aliphatic carbocycles. The summed E-state index contributed by atoms with van der Waals surface area (Å²) >= 11 is 0. The number of nitrogens with two attached hydrogens (primary N) is 1. The summed E-state index contributed by atoms with van der Waals surface area (Å²) in [6.45, 7) is 3.22. The third kappa shape index (κ3) is 3.69. The Kier molecular flexibility index (Phi) is 4.76. The van der Waals surface area contributed by atoms with Crippen LogP contribution < -0.4 is 5.73 Å². The highest BCUT2D eigenvalue weighted by Gasteiger charge is 2.22. The predicted octanol–water partition coefficient (Wildman–Crippen LogP) is 0.971. The third-order valence-electron chi connectivity index (χ3n) is 3.16. The lowest BCUT2D eigenvalue weighted by molar-refractivity contribution is 0.466. The van der Waals surface area contributed by atoms with E-state index in [0.717, 1.165) is 11.1 Å². The number of sulfonamides is 1. The Morgan fingerprint density at radius 3 is 2.81 bits per heavy atom. The average molecular weight is 308 g/mol. The summed E-state index contributed by atoms with van der Waals surface area (Å²) in [4.78, 5) is 0.186. The molecule has 21 heavy (non-hydrogen) atoms. The summed E-state index contributed by atoms with van der Waals surface area (Å²) in [5.41, 5.74) is 7.49. The Balaban J connectivity index is 2.17. The molecule has 114 valence electrons. The molecule has 0 saturated carbocycles. The molecule has 2 rings (SSSR count). The van der Waals surface area contributed by atoms with Gasteiger partial charge in [-0.15, -0.1) is 0 Å². The minimum Gasteiger partial charge on any atom is -0.329 e. The van der Waals surface area contributed by atoms with E-state index in [4.69, 9.17) is 5.73 Å². The predicted molar refractivity (Wildman–Crippen MR) is 81.1 cm³/mol. The van der Waals surface area contributed by atoms with E-state index in [0.29, 0.717) is 19.6 Å². The van der Waals surface area contributed by atoms with Gasteiger partial charge in [-0.1, -0.05) is 29.8 Å². The highest BCUT2D eigenvalue weighted by atomic mass is 32.2. The number of aromatic nitrogens is 2. The van der Waals surface area contributed by atoms with Crippen LogP contribution in [0, 0.1) is 6.92 Å². The van der Waals surface area contributed by atoms with Gasteiger partial charge in [-0.3, -0.25) is 4.68 Å². The van der Waals surface area contributed by atoms with E-state index < -0.39 is 10.0 Å². The van der Waals surface area contributed by atoms with Crippen LogP contribution in [0.4, 0.5) is 0 Å². The molecule has 2 N–H and O–H groups in total. The molecule has 0 radical (unpaired) electrons. The fourth-order valence-electron chi connectivity index (χ4n) is 2.06. The maximum atomic E-state index is 12.5. The minimum atomic E-state index is -3.54. The Morgan fingerprint density at radius 1 is 1.38 bits per heavy atom. The first-order chi connectivity index (χ1) is 9.93. The van der Waals surface area contributed by atoms with Crippen LogP contribution in [0.5, 0.6) is 0 Å². The maximum Gasteiger partial charge on any atom is 0.246 e. The van der Waals surface area contributed by atoms with E-state index in [1.165, 1.54) is 21.4 Å². The molecule has 0 aliphatic heterocycles. The first-order valence-corrected chi connectivity index (χ1v) is 8.12. The van der Waals surface area contributed by atoms with Gasteiger partial charge in [0.1, 0.15) is 4.90 Å². The lowest BCUT2D eigenvalue weighted by atomic mass is 10.1. The molecular weight excluding hydrogens is 288 g/mol. The molecule has 0 atom stereocenters. The van der Waals surface area contributed by atoms with Crippen molar-refractivity contribution in [2.75, 3.05) is 13.6 Å². The SMILES string of the molecule is Cc1cccc(CN(C)S(=O)(=O)c2cnn(CCN)c2)c1. The van der Waals surface area contributed by atoms with Crippen LogP contribution in [-0.2, 0) is 23.1 Å². The van der Waals surface area contributed by atoms with Gasteiger partial charge in [-0.25, -0.2) is 8.42 Å². The molecule has 0 saturated heterocycles. The zero-order chi connectivity index (χ0) is 15.5. The molecule has 7 heteroatoms. The van der Waals surface area contributed by atoms with Gasteiger partial charge >= 0.3 is 0 Å². The summed E-state index contributed by atoms with van der Waals surface area (Å²) in [5.74, 6) is 0. The van der Waals surface area contributed by atoms with Gasteiger partial charge < -0.3 is 5.73 Å². The standard InChI is InChI=1S/C14H20N4O2S/c1-12-4-3-5-13(8-12)10-17(2)21(19,20)14-9-16-18(11-14)7-6-15/h3-5,8-9,11H,6-7,10,15H2,1-2H3. The van der Waals surface area contributed by atoms with Crippen LogP contribution in [0.1, 0.15) is 11.1 Å². The van der Waals surface area contributed by atoms with E-state index in [1.54, 1.807) is 7.05 Å². The number of aryl methyl sites for hydroxylation is 1. The van der Waals surface area contributed by atoms with Crippen LogP contribution in [0.15, 0.2) is 41.6 Å². The van der Waals surface area contributed by atoms with Gasteiger partial charge in [-0.2, -0.15) is 9.40 Å². The second-order valence-corrected chi connectivity index (χ2v) is 7.02. The molecule has 0 spiro atoms. The molecule has 1 heterocycles. The van der Waals surface area contributed by atoms with Gasteiger partial charge in [0.05, 0.1) is 12.7 Å². The second-order valence-electron chi connectivity index (χ2n) is 4.98. The van der Waals surface area contributed by atoms with Crippen molar-refractivity contribution in [1.29, 1.82) is 0 Å². The number of benzene rings is 1. The summed E-state index contributed by atoms with van der Waals surface area (Å²) < 4.78 is 27.8. The Labute approximate surface area is 125 Å². The molecule has 1 aromatic carbocycles. The lowest BCUT2D eigenvalue weighted by Gasteiger charge is -2.16. The minimum absolute atomic E-state index is 0.186. The van der Waals surface area contributed by atoms with Crippen molar-refractivity contribution in [3.63, 3.8) is 0 Å². The van der Waals surface area contributed by atoms with Crippen LogP contribution in [0.25, 0.3) is 0 Å². The quantitative estimate of drug-likeness (QED) is 0.862. The van der Waals surface area contributed by atoms with Gasteiger partial charge in [0.25, 0.3) is 0 Å². The van der Waals surface area contributed by atoms with Crippen molar-refractivity contribution in [1.82, 2.24) is 14.1 Å². The van der Waals surface area contributed by atoms with Crippen molar-refractivity contribution in [3.8, 4) is 0 Å². The summed E-state index contributed by atoms with van der Waals surface area (Å²) in [6, 6.07) is 7.79. The fraction of sp³-hybridized carbons (Fsp3) is 0.357. The van der Waals surface area contributed by atoms with Crippen molar-refractivity contribution in [3.05, 3.63) is 47.8 Å². The summed E-state index contributed by atoms with van der Waals surface area (Å²) in [7, 11) is -1.97. The number of hydrogen-bond acceptors (Lipinski definition) is 4. The van der Waals surface area contributed by atoms with Gasteiger partial charge in [0.15, 0.2) is 0 Å². The van der Waals surface area contributed by atoms with E-state index in [1.807, 2.05) is 31.2 Å². The highest BCUT2D eigenvalue weighted by Crippen LogP contribution is 2.16. The first-order valence-electron chi connectivity index (χ1n) is 6.68. The Hall–Kier alpha value is -1.70. The second kappa shape index (κ2) is 6.38. The molecule has 0 amide bonds. The van der Waals surface area contributed by atoms with Crippen molar-refractivity contribution < 1.29 is 8.42 Å². The fourth-order valence-corrected chi connectivity index (χ4v) is 3.18. The normalized spacial score (nSPS) is 12.0. The van der Waals surface area contributed by atoms with Gasteiger partial charge in [0.2, 0.25) is 10.0 Å². The van der Waals surface area contributed by atoms with Crippen molar-refractivity contribution >= 4 is 10.0 Å². The molecule has 6 nitrogen and oxygen atoms in total. The zero-order valence-corrected chi connectivity index (χ0v) is 13.0. The molecule has 0 aliphatic rings. The molecule has 1 aromatic heterocycles. The monoisotopic (exact) mass is 308 g/mol. The molecule has 0 bridgehead atoms. The van der Waals surface area contributed by atoms with Crippen LogP contribution in [0.2, 0.25) is 0 Å². The van der Waals surface area contributed by atoms with E-state index in [2.05, 4.69) is 5.10 Å². The average Bonchev–Trinajstić information content (AvgIpc) is 2.88. The lowest BCUT2D eigenvalue weighted by Crippen LogP contribution is -2.26. The van der Waals surface area contributed by atoms with Crippen LogP contribution in [0.3, 0.4) is 0 Å². The van der Waals surface area contributed by atoms with Crippen molar-refractivity contribution in [2.24, 2.45) is 5.73 Å². The van der Waals surface area contributed by atoms with Crippen LogP contribution in [-0.4, -0.2) is 36.1 Å². The molecular formula is C14H20N4O2S. The van der Waals surface area contributed by atoms with Gasteiger partial charge in [-0.05, 0) is 12.5 Å². The molecule has 0 fully saturated rings. The summed E-state index contributed by atoms with van der Waals surface area (Å²) in [5, 5.41) is 4.01. The number of hydrogen-bond donors (Lipinski definition) is 1. The smallest absolute Gasteiger partial charge is 0.246 e. The largest absolute Gasteiger partial charge is 0.329 e.